The Morgan fingerprint density at radius 2 is 2.08 bits per heavy atom. The van der Waals surface area contributed by atoms with Crippen molar-refractivity contribution in [1.29, 1.82) is 5.26 Å². The third kappa shape index (κ3) is 2.31. The van der Waals surface area contributed by atoms with Crippen LogP contribution in [0.3, 0.4) is 0 Å². The van der Waals surface area contributed by atoms with Gasteiger partial charge in [0.05, 0.1) is 13.2 Å². The Balaban J connectivity index is 2.81. The number of ketones is 1. The predicted octanol–water partition coefficient (Wildman–Crippen LogP) is 1.61. The maximum absolute atomic E-state index is 11.1. The van der Waals surface area contributed by atoms with Crippen LogP contribution in [0.5, 0.6) is 5.75 Å². The highest BCUT2D eigenvalue weighted by atomic mass is 16.5. The van der Waals surface area contributed by atoms with Gasteiger partial charge in [-0.1, -0.05) is 0 Å². The molecule has 0 aromatic heterocycles. The van der Waals surface area contributed by atoms with E-state index in [2.05, 4.69) is 0 Å². The van der Waals surface area contributed by atoms with E-state index in [0.717, 1.165) is 6.42 Å². The molecule has 0 saturated heterocycles. The van der Waals surface area contributed by atoms with Crippen LogP contribution in [0.4, 0.5) is 0 Å². The van der Waals surface area contributed by atoms with E-state index in [1.54, 1.807) is 37.4 Å². The van der Waals surface area contributed by atoms with Crippen LogP contribution in [0.15, 0.2) is 24.3 Å². The topological polar surface area (TPSA) is 50.1 Å². The molecule has 0 aliphatic carbocycles. The number of Topliss-reactive ketones (excluding diaryl/α,β-unsaturated/α-hetero) is 1. The van der Waals surface area contributed by atoms with Gasteiger partial charge in [-0.2, -0.15) is 5.26 Å². The quantitative estimate of drug-likeness (QED) is 0.654. The number of nitrogens with zero attached hydrogens (tertiary/aromatic N) is 1. The number of rotatable bonds is 3. The van der Waals surface area contributed by atoms with Crippen LogP contribution in [0, 0.1) is 17.8 Å². The van der Waals surface area contributed by atoms with Crippen LogP contribution in [-0.4, -0.2) is 12.9 Å². The van der Waals surface area contributed by atoms with Crippen LogP contribution in [0.2, 0.25) is 0 Å². The molecular formula is C10H8NO2. The van der Waals surface area contributed by atoms with Gasteiger partial charge in [0.25, 0.3) is 0 Å². The Morgan fingerprint density at radius 3 is 2.54 bits per heavy atom. The van der Waals surface area contributed by atoms with Gasteiger partial charge < -0.3 is 4.74 Å². The zero-order chi connectivity index (χ0) is 9.68. The summed E-state index contributed by atoms with van der Waals surface area (Å²) in [5.41, 5.74) is 0.488. The fraction of sp³-hybridized carbons (Fsp3) is 0.100. The molecule has 0 fully saturated rings. The highest BCUT2D eigenvalue weighted by molar-refractivity contribution is 6.04. The predicted molar refractivity (Wildman–Crippen MR) is 47.2 cm³/mol. The first-order valence-corrected chi connectivity index (χ1v) is 3.69. The molecule has 0 spiro atoms. The summed E-state index contributed by atoms with van der Waals surface area (Å²) in [6.45, 7) is 0. The third-order valence-electron chi connectivity index (χ3n) is 1.57. The second-order valence-electron chi connectivity index (χ2n) is 2.37. The molecule has 0 unspecified atom stereocenters. The normalized spacial score (nSPS) is 8.92. The number of nitriles is 1. The van der Waals surface area contributed by atoms with Gasteiger partial charge in [-0.05, 0) is 24.3 Å². The Morgan fingerprint density at radius 1 is 1.46 bits per heavy atom. The molecule has 0 bridgehead atoms. The van der Waals surface area contributed by atoms with Crippen LogP contribution < -0.4 is 4.74 Å². The minimum Gasteiger partial charge on any atom is -0.497 e. The van der Waals surface area contributed by atoms with Gasteiger partial charge in [0.1, 0.15) is 12.2 Å². The largest absolute Gasteiger partial charge is 0.497 e. The summed E-state index contributed by atoms with van der Waals surface area (Å²) in [7, 11) is 1.55. The number of ether oxygens (including phenoxy) is 1. The Labute approximate surface area is 76.6 Å². The maximum atomic E-state index is 11.1. The van der Waals surface area contributed by atoms with Crippen LogP contribution in [0.25, 0.3) is 0 Å². The highest BCUT2D eigenvalue weighted by Crippen LogP contribution is 2.12. The molecule has 1 rings (SSSR count). The monoisotopic (exact) mass is 174 g/mol. The number of carbonyl (C=O) groups excluding carboxylic acids is 1. The highest BCUT2D eigenvalue weighted by Gasteiger charge is 2.04. The smallest absolute Gasteiger partial charge is 0.181 e. The van der Waals surface area contributed by atoms with E-state index < -0.39 is 0 Å². The first-order valence-electron chi connectivity index (χ1n) is 3.69. The molecule has 0 aliphatic rings. The fourth-order valence-electron chi connectivity index (χ4n) is 0.897. The molecule has 0 heterocycles. The van der Waals surface area contributed by atoms with Gasteiger partial charge >= 0.3 is 0 Å². The molecule has 0 N–H and O–H groups in total. The average molecular weight is 174 g/mol. The van der Waals surface area contributed by atoms with Gasteiger partial charge in [-0.15, -0.1) is 0 Å². The number of carbonyl (C=O) groups is 1. The molecule has 0 amide bonds. The number of benzene rings is 1. The zero-order valence-electron chi connectivity index (χ0n) is 7.15. The van der Waals surface area contributed by atoms with E-state index in [4.69, 9.17) is 10.00 Å². The van der Waals surface area contributed by atoms with Crippen molar-refractivity contribution in [2.45, 2.75) is 0 Å². The second kappa shape index (κ2) is 4.27. The van der Waals surface area contributed by atoms with Crippen molar-refractivity contribution >= 4 is 5.78 Å². The molecule has 0 aliphatic heterocycles. The van der Waals surface area contributed by atoms with Crippen LogP contribution >= 0.6 is 0 Å². The second-order valence-corrected chi connectivity index (χ2v) is 2.37. The molecule has 3 heteroatoms. The summed E-state index contributed by atoms with van der Waals surface area (Å²) < 4.78 is 4.92. The van der Waals surface area contributed by atoms with Crippen LogP contribution in [-0.2, 0) is 0 Å². The van der Waals surface area contributed by atoms with E-state index in [1.165, 1.54) is 0 Å². The summed E-state index contributed by atoms with van der Waals surface area (Å²) >= 11 is 0. The summed E-state index contributed by atoms with van der Waals surface area (Å²) in [4.78, 5) is 11.1. The lowest BCUT2D eigenvalue weighted by Crippen LogP contribution is -1.97. The molecule has 3 nitrogen and oxygen atoms in total. The van der Waals surface area contributed by atoms with Crippen molar-refractivity contribution in [3.63, 3.8) is 0 Å². The van der Waals surface area contributed by atoms with Gasteiger partial charge in [0.15, 0.2) is 5.78 Å². The van der Waals surface area contributed by atoms with E-state index in [9.17, 15) is 4.79 Å². The first-order chi connectivity index (χ1) is 6.27. The Hall–Kier alpha value is -1.82. The fourth-order valence-corrected chi connectivity index (χ4v) is 0.897. The van der Waals surface area contributed by atoms with Crippen molar-refractivity contribution in [3.8, 4) is 11.8 Å². The van der Waals surface area contributed by atoms with Crippen molar-refractivity contribution in [2.75, 3.05) is 7.11 Å². The Bertz CT molecular complexity index is 335. The summed E-state index contributed by atoms with van der Waals surface area (Å²) in [6, 6.07) is 8.29. The number of methoxy groups -OCH3 is 1. The molecular weight excluding hydrogens is 166 g/mol. The number of hydrogen-bond donors (Lipinski definition) is 0. The lowest BCUT2D eigenvalue weighted by Gasteiger charge is -1.99. The first kappa shape index (κ1) is 9.27. The average Bonchev–Trinajstić information content (AvgIpc) is 2.18. The van der Waals surface area contributed by atoms with Crippen molar-refractivity contribution in [3.05, 3.63) is 36.2 Å². The lowest BCUT2D eigenvalue weighted by atomic mass is 10.1. The minimum absolute atomic E-state index is 0.287. The SMILES string of the molecule is COc1ccc(C(=O)[CH]C#N)cc1. The molecule has 65 valence electrons. The van der Waals surface area contributed by atoms with Crippen molar-refractivity contribution in [1.82, 2.24) is 0 Å². The molecule has 0 atom stereocenters. The van der Waals surface area contributed by atoms with E-state index >= 15 is 0 Å². The van der Waals surface area contributed by atoms with Crippen LogP contribution in [0.1, 0.15) is 10.4 Å². The Kier molecular flexibility index (Phi) is 3.04. The summed E-state index contributed by atoms with van der Waals surface area (Å²) in [5, 5.41) is 8.25. The van der Waals surface area contributed by atoms with Gasteiger partial charge in [-0.25, -0.2) is 0 Å². The maximum Gasteiger partial charge on any atom is 0.181 e. The minimum atomic E-state index is -0.287. The van der Waals surface area contributed by atoms with E-state index in [1.807, 2.05) is 0 Å². The summed E-state index contributed by atoms with van der Waals surface area (Å²) in [5.74, 6) is 0.402. The molecule has 1 radical (unpaired) electrons. The lowest BCUT2D eigenvalue weighted by molar-refractivity contribution is 0.103. The summed E-state index contributed by atoms with van der Waals surface area (Å²) in [6.07, 6.45) is 0.974. The van der Waals surface area contributed by atoms with Gasteiger partial charge in [-0.3, -0.25) is 4.79 Å². The zero-order valence-corrected chi connectivity index (χ0v) is 7.15. The van der Waals surface area contributed by atoms with E-state index in [-0.39, 0.29) is 5.78 Å². The van der Waals surface area contributed by atoms with Gasteiger partial charge in [0, 0.05) is 5.56 Å². The number of hydrogen-bond acceptors (Lipinski definition) is 3. The third-order valence-corrected chi connectivity index (χ3v) is 1.57. The van der Waals surface area contributed by atoms with Crippen molar-refractivity contribution < 1.29 is 9.53 Å². The molecule has 1 aromatic carbocycles. The van der Waals surface area contributed by atoms with Crippen molar-refractivity contribution in [2.24, 2.45) is 0 Å². The standard InChI is InChI=1S/C10H8NO2/c1-13-9-4-2-8(3-5-9)10(12)6-7-11/h2-6H,1H3. The molecule has 0 saturated carbocycles. The van der Waals surface area contributed by atoms with E-state index in [0.29, 0.717) is 11.3 Å². The molecule has 13 heavy (non-hydrogen) atoms. The van der Waals surface area contributed by atoms with Gasteiger partial charge in [0.2, 0.25) is 0 Å². The molecule has 1 aromatic rings.